The normalized spacial score (nSPS) is 25.6. The number of aromatic nitrogens is 2. The number of hydrogen-bond donors (Lipinski definition) is 2. The van der Waals surface area contributed by atoms with E-state index in [4.69, 9.17) is 9.47 Å². The number of carbonyl (C=O) groups excluding carboxylic acids is 1. The molecule has 2 N–H and O–H groups in total. The van der Waals surface area contributed by atoms with E-state index >= 15 is 0 Å². The summed E-state index contributed by atoms with van der Waals surface area (Å²) in [7, 11) is 1.36. The Morgan fingerprint density at radius 2 is 1.97 bits per heavy atom. The van der Waals surface area contributed by atoms with Crippen molar-refractivity contribution >= 4 is 11.9 Å². The fourth-order valence-electron chi connectivity index (χ4n) is 4.68. The fourth-order valence-corrected chi connectivity index (χ4v) is 4.68. The van der Waals surface area contributed by atoms with Crippen LogP contribution >= 0.6 is 0 Å². The van der Waals surface area contributed by atoms with Crippen molar-refractivity contribution in [1.29, 1.82) is 0 Å². The van der Waals surface area contributed by atoms with E-state index in [2.05, 4.69) is 20.2 Å². The monoisotopic (exact) mass is 426 g/mol. The van der Waals surface area contributed by atoms with Crippen LogP contribution in [0.2, 0.25) is 0 Å². The fraction of sp³-hybridized carbons (Fsp3) is 0.522. The van der Waals surface area contributed by atoms with Gasteiger partial charge in [0.15, 0.2) is 0 Å². The van der Waals surface area contributed by atoms with Crippen molar-refractivity contribution in [2.24, 2.45) is 11.8 Å². The molecule has 0 amide bonds. The third kappa shape index (κ3) is 5.14. The van der Waals surface area contributed by atoms with E-state index in [0.29, 0.717) is 29.1 Å². The predicted octanol–water partition coefficient (Wildman–Crippen LogP) is 2.35. The number of rotatable bonds is 7. The highest BCUT2D eigenvalue weighted by Crippen LogP contribution is 2.38. The third-order valence-electron chi connectivity index (χ3n) is 6.15. The van der Waals surface area contributed by atoms with Gasteiger partial charge in [0.25, 0.3) is 0 Å². The number of esters is 1. The zero-order chi connectivity index (χ0) is 21.8. The molecular weight excluding hydrogens is 396 g/mol. The Balaban J connectivity index is 1.35. The summed E-state index contributed by atoms with van der Waals surface area (Å²) in [4.78, 5) is 22.9. The van der Waals surface area contributed by atoms with Crippen LogP contribution in [0.5, 0.6) is 5.75 Å². The summed E-state index contributed by atoms with van der Waals surface area (Å²) in [5.41, 5.74) is 1.53. The first kappa shape index (κ1) is 21.5. The minimum absolute atomic E-state index is 0.281. The zero-order valence-electron chi connectivity index (χ0n) is 18.0. The van der Waals surface area contributed by atoms with Gasteiger partial charge >= 0.3 is 5.97 Å². The summed E-state index contributed by atoms with van der Waals surface area (Å²) in [5.74, 6) is 1.76. The Kier molecular flexibility index (Phi) is 6.67. The number of fused-ring (bicyclic) bond motifs is 1. The molecule has 1 aromatic carbocycles. The van der Waals surface area contributed by atoms with E-state index in [-0.39, 0.29) is 6.10 Å². The number of nitrogens with one attached hydrogen (secondary N) is 1. The average Bonchev–Trinajstić information content (AvgIpc) is 3.16. The van der Waals surface area contributed by atoms with Crippen LogP contribution in [0.3, 0.4) is 0 Å². The Hall–Kier alpha value is -2.71. The van der Waals surface area contributed by atoms with Crippen molar-refractivity contribution < 1.29 is 19.4 Å². The van der Waals surface area contributed by atoms with E-state index in [1.54, 1.807) is 18.2 Å². The summed E-state index contributed by atoms with van der Waals surface area (Å²) in [6, 6.07) is 6.93. The predicted molar refractivity (Wildman–Crippen MR) is 116 cm³/mol. The Morgan fingerprint density at radius 3 is 2.68 bits per heavy atom. The number of hydrogen-bond acceptors (Lipinski definition) is 8. The number of likely N-dealkylation sites (tertiary alicyclic amines) is 1. The Bertz CT molecular complexity index is 891. The second-order valence-electron chi connectivity index (χ2n) is 8.37. The molecule has 1 aliphatic carbocycles. The van der Waals surface area contributed by atoms with Crippen molar-refractivity contribution in [1.82, 2.24) is 14.9 Å². The molecule has 1 aliphatic heterocycles. The lowest BCUT2D eigenvalue weighted by Gasteiger charge is -2.35. The van der Waals surface area contributed by atoms with E-state index < -0.39 is 12.1 Å². The third-order valence-corrected chi connectivity index (χ3v) is 6.15. The maximum Gasteiger partial charge on any atom is 0.337 e. The van der Waals surface area contributed by atoms with Crippen molar-refractivity contribution in [2.75, 3.05) is 32.1 Å². The second-order valence-corrected chi connectivity index (χ2v) is 8.37. The molecule has 2 aromatic rings. The molecule has 4 atom stereocenters. The van der Waals surface area contributed by atoms with Crippen LogP contribution in [-0.4, -0.2) is 64.9 Å². The summed E-state index contributed by atoms with van der Waals surface area (Å²) in [6.45, 7) is 5.55. The second kappa shape index (κ2) is 9.62. The van der Waals surface area contributed by atoms with Gasteiger partial charge in [-0.15, -0.1) is 0 Å². The topological polar surface area (TPSA) is 96.8 Å². The zero-order valence-corrected chi connectivity index (χ0v) is 18.0. The molecule has 1 saturated heterocycles. The minimum atomic E-state index is -0.522. The minimum Gasteiger partial charge on any atom is -0.488 e. The molecule has 31 heavy (non-hydrogen) atoms. The van der Waals surface area contributed by atoms with Crippen molar-refractivity contribution in [2.45, 2.75) is 38.5 Å². The SMILES string of the molecule is CCNc1ncc(CN2C[C@H]3C[C@@H](Oc4cccc(C(=O)OC)c4)[C@H](O)C[C@H]3C2)cn1. The van der Waals surface area contributed by atoms with Gasteiger partial charge in [0.1, 0.15) is 11.9 Å². The van der Waals surface area contributed by atoms with Gasteiger partial charge in [0.2, 0.25) is 5.95 Å². The van der Waals surface area contributed by atoms with Crippen LogP contribution in [0.15, 0.2) is 36.7 Å². The maximum absolute atomic E-state index is 11.8. The summed E-state index contributed by atoms with van der Waals surface area (Å²) in [6.07, 6.45) is 4.46. The molecule has 0 bridgehead atoms. The van der Waals surface area contributed by atoms with Crippen LogP contribution in [-0.2, 0) is 11.3 Å². The first-order chi connectivity index (χ1) is 15.1. The van der Waals surface area contributed by atoms with Crippen LogP contribution in [0.25, 0.3) is 0 Å². The van der Waals surface area contributed by atoms with Crippen molar-refractivity contribution in [3.8, 4) is 5.75 Å². The van der Waals surface area contributed by atoms with Gasteiger partial charge in [-0.2, -0.15) is 0 Å². The number of aliphatic hydroxyl groups is 1. The first-order valence-corrected chi connectivity index (χ1v) is 10.9. The summed E-state index contributed by atoms with van der Waals surface area (Å²) >= 11 is 0. The smallest absolute Gasteiger partial charge is 0.337 e. The maximum atomic E-state index is 11.8. The molecule has 0 unspecified atom stereocenters. The van der Waals surface area contributed by atoms with Gasteiger partial charge in [0, 0.05) is 44.1 Å². The van der Waals surface area contributed by atoms with Crippen LogP contribution in [0.4, 0.5) is 5.95 Å². The van der Waals surface area contributed by atoms with Crippen LogP contribution in [0.1, 0.15) is 35.7 Å². The number of nitrogens with zero attached hydrogens (tertiary/aromatic N) is 3. The van der Waals surface area contributed by atoms with Gasteiger partial charge < -0.3 is 19.9 Å². The van der Waals surface area contributed by atoms with Gasteiger partial charge in [-0.3, -0.25) is 4.90 Å². The molecule has 0 spiro atoms. The van der Waals surface area contributed by atoms with Gasteiger partial charge in [-0.1, -0.05) is 6.07 Å². The standard InChI is InChI=1S/C23H30N4O4/c1-3-24-23-25-10-15(11-26-23)12-27-13-17-8-20(28)21(9-18(17)14-27)31-19-6-4-5-16(7-19)22(29)30-2/h4-7,10-11,17-18,20-21,28H,3,8-9,12-14H2,1-2H3,(H,24,25,26)/t17-,18+,20+,21+/m0/s1. The molecule has 2 aliphatic rings. The highest BCUT2D eigenvalue weighted by Gasteiger charge is 2.42. The number of ether oxygens (including phenoxy) is 2. The first-order valence-electron chi connectivity index (χ1n) is 10.9. The molecular formula is C23H30N4O4. The lowest BCUT2D eigenvalue weighted by atomic mass is 9.78. The highest BCUT2D eigenvalue weighted by molar-refractivity contribution is 5.89. The lowest BCUT2D eigenvalue weighted by Crippen LogP contribution is -2.42. The van der Waals surface area contributed by atoms with E-state index in [0.717, 1.165) is 44.6 Å². The molecule has 2 heterocycles. The van der Waals surface area contributed by atoms with Crippen LogP contribution < -0.4 is 10.1 Å². The number of methoxy groups -OCH3 is 1. The summed E-state index contributed by atoms with van der Waals surface area (Å²) < 4.78 is 10.9. The lowest BCUT2D eigenvalue weighted by molar-refractivity contribution is -0.0231. The van der Waals surface area contributed by atoms with E-state index in [1.165, 1.54) is 7.11 Å². The number of aliphatic hydroxyl groups excluding tert-OH is 1. The molecule has 8 heteroatoms. The summed E-state index contributed by atoms with van der Waals surface area (Å²) in [5, 5.41) is 13.8. The molecule has 166 valence electrons. The van der Waals surface area contributed by atoms with Gasteiger partial charge in [-0.05, 0) is 49.8 Å². The molecule has 1 aromatic heterocycles. The van der Waals surface area contributed by atoms with Gasteiger partial charge in [-0.25, -0.2) is 14.8 Å². The Morgan fingerprint density at radius 1 is 1.23 bits per heavy atom. The molecule has 4 rings (SSSR count). The average molecular weight is 427 g/mol. The molecule has 0 radical (unpaired) electrons. The number of benzene rings is 1. The van der Waals surface area contributed by atoms with E-state index in [1.807, 2.05) is 25.4 Å². The Labute approximate surface area is 182 Å². The molecule has 1 saturated carbocycles. The van der Waals surface area contributed by atoms with Crippen molar-refractivity contribution in [3.05, 3.63) is 47.8 Å². The highest BCUT2D eigenvalue weighted by atomic mass is 16.5. The van der Waals surface area contributed by atoms with Crippen molar-refractivity contribution in [3.63, 3.8) is 0 Å². The van der Waals surface area contributed by atoms with E-state index in [9.17, 15) is 9.90 Å². The number of carbonyl (C=O) groups is 1. The van der Waals surface area contributed by atoms with Gasteiger partial charge in [0.05, 0.1) is 18.8 Å². The molecule has 8 nitrogen and oxygen atoms in total. The largest absolute Gasteiger partial charge is 0.488 e. The quantitative estimate of drug-likeness (QED) is 0.652. The number of anilines is 1. The molecule has 2 fully saturated rings. The van der Waals surface area contributed by atoms with Crippen LogP contribution in [0, 0.1) is 11.8 Å².